The van der Waals surface area contributed by atoms with E-state index in [4.69, 9.17) is 4.74 Å². The Morgan fingerprint density at radius 2 is 2.10 bits per heavy atom. The van der Waals surface area contributed by atoms with Crippen molar-refractivity contribution < 1.29 is 14.3 Å². The Bertz CT molecular complexity index is 332. The Hall–Kier alpha value is -0.810. The molecule has 0 radical (unpaired) electrons. The van der Waals surface area contributed by atoms with Crippen LogP contribution in [0.15, 0.2) is 0 Å². The highest BCUT2D eigenvalue weighted by Gasteiger charge is 2.32. The zero-order chi connectivity index (χ0) is 13.7. The minimum atomic E-state index is -0.354. The molecule has 0 saturated carbocycles. The minimum absolute atomic E-state index is 0. The molecule has 2 saturated heterocycles. The van der Waals surface area contributed by atoms with Crippen LogP contribution in [0.4, 0.5) is 0 Å². The summed E-state index contributed by atoms with van der Waals surface area (Å²) in [6.07, 6.45) is 5.37. The molecule has 0 bridgehead atoms. The topological polar surface area (TPSA) is 58.6 Å². The van der Waals surface area contributed by atoms with Crippen LogP contribution >= 0.6 is 12.4 Å². The van der Waals surface area contributed by atoms with Gasteiger partial charge in [0, 0.05) is 13.0 Å². The number of carbonyl (C=O) groups excluding carboxylic acids is 2. The molecular weight excluding hydrogens is 280 g/mol. The molecule has 1 N–H and O–H groups in total. The lowest BCUT2D eigenvalue weighted by Gasteiger charge is -2.34. The maximum atomic E-state index is 12.3. The molecule has 2 heterocycles. The van der Waals surface area contributed by atoms with E-state index in [1.54, 1.807) is 4.90 Å². The lowest BCUT2D eigenvalue weighted by atomic mass is 9.99. The Labute approximate surface area is 126 Å². The van der Waals surface area contributed by atoms with Crippen molar-refractivity contribution in [2.45, 2.75) is 44.6 Å². The number of ether oxygens (including phenoxy) is 1. The molecule has 0 aromatic carbocycles. The monoisotopic (exact) mass is 304 g/mol. The maximum absolute atomic E-state index is 12.3. The molecule has 1 amide bonds. The van der Waals surface area contributed by atoms with Crippen LogP contribution in [0.2, 0.25) is 0 Å². The van der Waals surface area contributed by atoms with Crippen LogP contribution in [0.3, 0.4) is 0 Å². The van der Waals surface area contributed by atoms with Gasteiger partial charge in [0.05, 0.1) is 7.11 Å². The van der Waals surface area contributed by atoms with E-state index in [1.807, 2.05) is 0 Å². The van der Waals surface area contributed by atoms with Crippen LogP contribution < -0.4 is 5.32 Å². The van der Waals surface area contributed by atoms with Gasteiger partial charge in [-0.2, -0.15) is 0 Å². The van der Waals surface area contributed by atoms with E-state index in [0.717, 1.165) is 45.2 Å². The van der Waals surface area contributed by atoms with Crippen LogP contribution in [0.1, 0.15) is 38.5 Å². The highest BCUT2D eigenvalue weighted by atomic mass is 35.5. The highest BCUT2D eigenvalue weighted by Crippen LogP contribution is 2.21. The summed E-state index contributed by atoms with van der Waals surface area (Å²) in [6.45, 7) is 2.78. The first kappa shape index (κ1) is 17.2. The molecule has 2 rings (SSSR count). The lowest BCUT2D eigenvalue weighted by Crippen LogP contribution is -2.48. The quantitative estimate of drug-likeness (QED) is 0.797. The van der Waals surface area contributed by atoms with Crippen molar-refractivity contribution in [3.63, 3.8) is 0 Å². The van der Waals surface area contributed by atoms with Crippen molar-refractivity contribution in [2.75, 3.05) is 26.7 Å². The number of likely N-dealkylation sites (tertiary alicyclic amines) is 1. The summed E-state index contributed by atoms with van der Waals surface area (Å²) in [4.78, 5) is 25.7. The third-order valence-corrected chi connectivity index (χ3v) is 4.23. The maximum Gasteiger partial charge on any atom is 0.328 e. The number of methoxy groups -OCH3 is 1. The molecule has 0 aliphatic carbocycles. The number of esters is 1. The molecule has 116 valence electrons. The van der Waals surface area contributed by atoms with Gasteiger partial charge in [-0.25, -0.2) is 4.79 Å². The second kappa shape index (κ2) is 8.47. The van der Waals surface area contributed by atoms with Crippen LogP contribution in [0.5, 0.6) is 0 Å². The van der Waals surface area contributed by atoms with Crippen LogP contribution in [-0.4, -0.2) is 49.6 Å². The van der Waals surface area contributed by atoms with Crippen molar-refractivity contribution in [3.8, 4) is 0 Å². The number of piperidine rings is 1. The number of nitrogens with one attached hydrogen (secondary N) is 1. The van der Waals surface area contributed by atoms with E-state index in [-0.39, 0.29) is 30.3 Å². The number of nitrogens with zero attached hydrogens (tertiary/aromatic N) is 1. The van der Waals surface area contributed by atoms with Crippen molar-refractivity contribution in [2.24, 2.45) is 5.92 Å². The molecule has 5 nitrogen and oxygen atoms in total. The van der Waals surface area contributed by atoms with Gasteiger partial charge >= 0.3 is 5.97 Å². The molecule has 2 atom stereocenters. The third kappa shape index (κ3) is 4.35. The molecule has 0 aromatic heterocycles. The van der Waals surface area contributed by atoms with Crippen molar-refractivity contribution in [1.29, 1.82) is 0 Å². The number of hydrogen-bond acceptors (Lipinski definition) is 4. The van der Waals surface area contributed by atoms with E-state index >= 15 is 0 Å². The second-order valence-electron chi connectivity index (χ2n) is 5.52. The Morgan fingerprint density at radius 1 is 1.30 bits per heavy atom. The number of halogens is 1. The van der Waals surface area contributed by atoms with E-state index in [1.165, 1.54) is 7.11 Å². The average Bonchev–Trinajstić information content (AvgIpc) is 2.97. The van der Waals surface area contributed by atoms with Gasteiger partial charge in [0.25, 0.3) is 0 Å². The molecule has 2 aliphatic heterocycles. The summed E-state index contributed by atoms with van der Waals surface area (Å²) in [7, 11) is 1.39. The second-order valence-corrected chi connectivity index (χ2v) is 5.52. The summed E-state index contributed by atoms with van der Waals surface area (Å²) in [6, 6.07) is -0.354. The first-order valence-corrected chi connectivity index (χ1v) is 7.30. The van der Waals surface area contributed by atoms with Crippen molar-refractivity contribution >= 4 is 24.3 Å². The molecule has 0 aromatic rings. The summed E-state index contributed by atoms with van der Waals surface area (Å²) in [5.74, 6) is 0.461. The molecule has 6 heteroatoms. The van der Waals surface area contributed by atoms with Gasteiger partial charge in [-0.3, -0.25) is 4.79 Å². The number of carbonyl (C=O) groups is 2. The molecule has 2 unspecified atom stereocenters. The number of amides is 1. The summed E-state index contributed by atoms with van der Waals surface area (Å²) < 4.78 is 4.81. The predicted octanol–water partition coefficient (Wildman–Crippen LogP) is 1.35. The average molecular weight is 305 g/mol. The number of hydrogen-bond donors (Lipinski definition) is 1. The fourth-order valence-corrected chi connectivity index (χ4v) is 3.04. The summed E-state index contributed by atoms with van der Waals surface area (Å²) in [5.41, 5.74) is 0. The molecule has 2 aliphatic rings. The highest BCUT2D eigenvalue weighted by molar-refractivity contribution is 5.85. The fourth-order valence-electron chi connectivity index (χ4n) is 3.04. The largest absolute Gasteiger partial charge is 0.467 e. The van der Waals surface area contributed by atoms with Gasteiger partial charge in [-0.1, -0.05) is 0 Å². The van der Waals surface area contributed by atoms with Crippen molar-refractivity contribution in [3.05, 3.63) is 0 Å². The summed E-state index contributed by atoms with van der Waals surface area (Å²) >= 11 is 0. The van der Waals surface area contributed by atoms with Crippen LogP contribution in [0, 0.1) is 5.92 Å². The number of rotatable bonds is 4. The fraction of sp³-hybridized carbons (Fsp3) is 0.857. The zero-order valence-electron chi connectivity index (χ0n) is 12.1. The van der Waals surface area contributed by atoms with Gasteiger partial charge in [0.2, 0.25) is 5.91 Å². The first-order chi connectivity index (χ1) is 9.22. The van der Waals surface area contributed by atoms with E-state index in [9.17, 15) is 9.59 Å². The van der Waals surface area contributed by atoms with Gasteiger partial charge in [-0.15, -0.1) is 12.4 Å². The Balaban J connectivity index is 0.00000200. The van der Waals surface area contributed by atoms with Crippen LogP contribution in [-0.2, 0) is 14.3 Å². The zero-order valence-corrected chi connectivity index (χ0v) is 12.9. The Kier molecular flexibility index (Phi) is 7.30. The van der Waals surface area contributed by atoms with Gasteiger partial charge in [0.15, 0.2) is 0 Å². The van der Waals surface area contributed by atoms with Gasteiger partial charge in [-0.05, 0) is 51.1 Å². The van der Waals surface area contributed by atoms with Gasteiger partial charge < -0.3 is 15.0 Å². The SMILES string of the molecule is COC(=O)C1CCCCN1C(=O)CCC1CCNC1.Cl. The normalized spacial score (nSPS) is 25.9. The smallest absolute Gasteiger partial charge is 0.328 e. The molecule has 20 heavy (non-hydrogen) atoms. The van der Waals surface area contributed by atoms with E-state index < -0.39 is 0 Å². The molecule has 2 fully saturated rings. The van der Waals surface area contributed by atoms with Crippen molar-refractivity contribution in [1.82, 2.24) is 10.2 Å². The predicted molar refractivity (Wildman–Crippen MR) is 78.8 cm³/mol. The van der Waals surface area contributed by atoms with E-state index in [0.29, 0.717) is 18.9 Å². The standard InChI is InChI=1S/C14H24N2O3.ClH/c1-19-14(18)12-4-2-3-9-16(12)13(17)6-5-11-7-8-15-10-11;/h11-12,15H,2-10H2,1H3;1H. The summed E-state index contributed by atoms with van der Waals surface area (Å²) in [5, 5.41) is 3.31. The Morgan fingerprint density at radius 3 is 2.75 bits per heavy atom. The molecule has 0 spiro atoms. The minimum Gasteiger partial charge on any atom is -0.467 e. The lowest BCUT2D eigenvalue weighted by molar-refractivity contribution is -0.154. The molecular formula is C14H25ClN2O3. The first-order valence-electron chi connectivity index (χ1n) is 7.30. The van der Waals surface area contributed by atoms with E-state index in [2.05, 4.69) is 5.32 Å². The van der Waals surface area contributed by atoms with Crippen LogP contribution in [0.25, 0.3) is 0 Å². The van der Waals surface area contributed by atoms with Gasteiger partial charge in [0.1, 0.15) is 6.04 Å². The third-order valence-electron chi connectivity index (χ3n) is 4.23.